The summed E-state index contributed by atoms with van der Waals surface area (Å²) in [5, 5.41) is 10.4. The third kappa shape index (κ3) is 2.69. The van der Waals surface area contributed by atoms with E-state index in [0.29, 0.717) is 6.54 Å². The third-order valence-corrected chi connectivity index (χ3v) is 3.82. The van der Waals surface area contributed by atoms with E-state index in [1.807, 2.05) is 24.3 Å². The molecule has 104 valence electrons. The SMILES string of the molecule is COc1cccc(C(O)CN2Cc3ccccc3C2)c1. The molecule has 0 bridgehead atoms. The van der Waals surface area contributed by atoms with Gasteiger partial charge < -0.3 is 9.84 Å². The molecule has 0 aliphatic carbocycles. The molecule has 1 unspecified atom stereocenters. The molecule has 3 nitrogen and oxygen atoms in total. The van der Waals surface area contributed by atoms with Gasteiger partial charge in [0.15, 0.2) is 0 Å². The van der Waals surface area contributed by atoms with Gasteiger partial charge in [-0.1, -0.05) is 36.4 Å². The van der Waals surface area contributed by atoms with Crippen LogP contribution >= 0.6 is 0 Å². The fourth-order valence-electron chi connectivity index (χ4n) is 2.73. The molecule has 0 spiro atoms. The molecule has 1 aliphatic rings. The van der Waals surface area contributed by atoms with Crippen molar-refractivity contribution >= 4 is 0 Å². The molecule has 0 aromatic heterocycles. The van der Waals surface area contributed by atoms with Gasteiger partial charge >= 0.3 is 0 Å². The molecule has 1 atom stereocenters. The van der Waals surface area contributed by atoms with Crippen LogP contribution in [0.1, 0.15) is 22.8 Å². The van der Waals surface area contributed by atoms with Gasteiger partial charge in [0.1, 0.15) is 5.75 Å². The first-order valence-corrected chi connectivity index (χ1v) is 6.87. The summed E-state index contributed by atoms with van der Waals surface area (Å²) >= 11 is 0. The van der Waals surface area contributed by atoms with Gasteiger partial charge in [-0.25, -0.2) is 0 Å². The summed E-state index contributed by atoms with van der Waals surface area (Å²) < 4.78 is 5.20. The van der Waals surface area contributed by atoms with E-state index in [0.717, 1.165) is 24.4 Å². The highest BCUT2D eigenvalue weighted by Gasteiger charge is 2.21. The van der Waals surface area contributed by atoms with Crippen molar-refractivity contribution in [1.29, 1.82) is 0 Å². The number of hydrogen-bond acceptors (Lipinski definition) is 3. The topological polar surface area (TPSA) is 32.7 Å². The maximum Gasteiger partial charge on any atom is 0.119 e. The minimum Gasteiger partial charge on any atom is -0.497 e. The first kappa shape index (κ1) is 13.2. The lowest BCUT2D eigenvalue weighted by molar-refractivity contribution is 0.112. The van der Waals surface area contributed by atoms with Crippen LogP contribution in [0.4, 0.5) is 0 Å². The number of rotatable bonds is 4. The molecule has 1 aliphatic heterocycles. The van der Waals surface area contributed by atoms with Gasteiger partial charge in [-0.05, 0) is 28.8 Å². The van der Waals surface area contributed by atoms with Gasteiger partial charge in [-0.3, -0.25) is 4.90 Å². The van der Waals surface area contributed by atoms with Crippen LogP contribution in [0.3, 0.4) is 0 Å². The number of aliphatic hydroxyl groups is 1. The van der Waals surface area contributed by atoms with E-state index in [1.54, 1.807) is 7.11 Å². The van der Waals surface area contributed by atoms with Crippen molar-refractivity contribution in [3.05, 3.63) is 65.2 Å². The average molecular weight is 269 g/mol. The Hall–Kier alpha value is -1.84. The zero-order valence-electron chi connectivity index (χ0n) is 11.6. The van der Waals surface area contributed by atoms with Gasteiger partial charge in [0.2, 0.25) is 0 Å². The molecule has 0 radical (unpaired) electrons. The molecule has 0 saturated heterocycles. The molecule has 2 aromatic rings. The predicted molar refractivity (Wildman–Crippen MR) is 78.5 cm³/mol. The Morgan fingerprint density at radius 1 is 1.10 bits per heavy atom. The second-order valence-corrected chi connectivity index (χ2v) is 5.23. The Kier molecular flexibility index (Phi) is 3.72. The normalized spacial score (nSPS) is 15.9. The molecule has 0 amide bonds. The van der Waals surface area contributed by atoms with Gasteiger partial charge in [0.25, 0.3) is 0 Å². The Morgan fingerprint density at radius 3 is 2.45 bits per heavy atom. The van der Waals surface area contributed by atoms with Crippen LogP contribution in [0, 0.1) is 0 Å². The van der Waals surface area contributed by atoms with Crippen LogP contribution in [0.25, 0.3) is 0 Å². The summed E-state index contributed by atoms with van der Waals surface area (Å²) in [5.41, 5.74) is 3.64. The fraction of sp³-hybridized carbons (Fsp3) is 0.294. The standard InChI is InChI=1S/C17H19NO2/c1-20-16-8-4-7-13(9-16)17(19)12-18-10-14-5-2-3-6-15(14)11-18/h2-9,17,19H,10-12H2,1H3. The monoisotopic (exact) mass is 269 g/mol. The van der Waals surface area contributed by atoms with E-state index in [1.165, 1.54) is 11.1 Å². The summed E-state index contributed by atoms with van der Waals surface area (Å²) in [6.07, 6.45) is -0.487. The summed E-state index contributed by atoms with van der Waals surface area (Å²) in [4.78, 5) is 2.27. The number of nitrogens with zero attached hydrogens (tertiary/aromatic N) is 1. The predicted octanol–water partition coefficient (Wildman–Crippen LogP) is 2.74. The van der Waals surface area contributed by atoms with E-state index in [-0.39, 0.29) is 0 Å². The van der Waals surface area contributed by atoms with Crippen LogP contribution < -0.4 is 4.74 Å². The van der Waals surface area contributed by atoms with Crippen molar-refractivity contribution in [1.82, 2.24) is 4.90 Å². The minimum atomic E-state index is -0.487. The number of β-amino-alcohol motifs (C(OH)–C–C–N with tert-alkyl or cyclic N) is 1. The number of methoxy groups -OCH3 is 1. The lowest BCUT2D eigenvalue weighted by Crippen LogP contribution is -2.23. The fourth-order valence-corrected chi connectivity index (χ4v) is 2.73. The third-order valence-electron chi connectivity index (χ3n) is 3.82. The van der Waals surface area contributed by atoms with E-state index >= 15 is 0 Å². The number of ether oxygens (including phenoxy) is 1. The van der Waals surface area contributed by atoms with Crippen molar-refractivity contribution in [2.24, 2.45) is 0 Å². The largest absolute Gasteiger partial charge is 0.497 e. The van der Waals surface area contributed by atoms with Crippen LogP contribution in [-0.4, -0.2) is 23.7 Å². The Balaban J connectivity index is 1.67. The summed E-state index contributed by atoms with van der Waals surface area (Å²) in [7, 11) is 1.64. The summed E-state index contributed by atoms with van der Waals surface area (Å²) in [5.74, 6) is 0.784. The van der Waals surface area contributed by atoms with Crippen LogP contribution in [0.5, 0.6) is 5.75 Å². The van der Waals surface area contributed by atoms with Crippen LogP contribution in [-0.2, 0) is 13.1 Å². The van der Waals surface area contributed by atoms with Crippen LogP contribution in [0.2, 0.25) is 0 Å². The van der Waals surface area contributed by atoms with Crippen LogP contribution in [0.15, 0.2) is 48.5 Å². The van der Waals surface area contributed by atoms with E-state index in [2.05, 4.69) is 29.2 Å². The molecule has 1 heterocycles. The number of hydrogen-bond donors (Lipinski definition) is 1. The lowest BCUT2D eigenvalue weighted by atomic mass is 10.1. The molecule has 2 aromatic carbocycles. The van der Waals surface area contributed by atoms with Gasteiger partial charge in [-0.2, -0.15) is 0 Å². The molecule has 3 heteroatoms. The van der Waals surface area contributed by atoms with Gasteiger partial charge in [-0.15, -0.1) is 0 Å². The van der Waals surface area contributed by atoms with E-state index in [9.17, 15) is 5.11 Å². The molecule has 0 saturated carbocycles. The zero-order chi connectivity index (χ0) is 13.9. The number of fused-ring (bicyclic) bond motifs is 1. The molecular formula is C17H19NO2. The maximum atomic E-state index is 10.4. The summed E-state index contributed by atoms with van der Waals surface area (Å²) in [6, 6.07) is 16.1. The van der Waals surface area contributed by atoms with Crippen molar-refractivity contribution in [2.45, 2.75) is 19.2 Å². The van der Waals surface area contributed by atoms with Crippen molar-refractivity contribution in [2.75, 3.05) is 13.7 Å². The quantitative estimate of drug-likeness (QED) is 0.926. The van der Waals surface area contributed by atoms with Crippen molar-refractivity contribution < 1.29 is 9.84 Å². The summed E-state index contributed by atoms with van der Waals surface area (Å²) in [6.45, 7) is 2.47. The average Bonchev–Trinajstić information content (AvgIpc) is 2.89. The lowest BCUT2D eigenvalue weighted by Gasteiger charge is -2.20. The molecule has 1 N–H and O–H groups in total. The molecule has 3 rings (SSSR count). The molecular weight excluding hydrogens is 250 g/mol. The minimum absolute atomic E-state index is 0.487. The van der Waals surface area contributed by atoms with Gasteiger partial charge in [0.05, 0.1) is 13.2 Å². The zero-order valence-corrected chi connectivity index (χ0v) is 11.6. The highest BCUT2D eigenvalue weighted by molar-refractivity contribution is 5.32. The molecule has 20 heavy (non-hydrogen) atoms. The molecule has 0 fully saturated rings. The second kappa shape index (κ2) is 5.65. The van der Waals surface area contributed by atoms with Crippen molar-refractivity contribution in [3.63, 3.8) is 0 Å². The highest BCUT2D eigenvalue weighted by Crippen LogP contribution is 2.26. The first-order valence-electron chi connectivity index (χ1n) is 6.87. The first-order chi connectivity index (χ1) is 9.76. The Labute approximate surface area is 119 Å². The second-order valence-electron chi connectivity index (χ2n) is 5.23. The Morgan fingerprint density at radius 2 is 1.80 bits per heavy atom. The highest BCUT2D eigenvalue weighted by atomic mass is 16.5. The number of aliphatic hydroxyl groups excluding tert-OH is 1. The Bertz CT molecular complexity index is 572. The number of benzene rings is 2. The van der Waals surface area contributed by atoms with E-state index < -0.39 is 6.10 Å². The van der Waals surface area contributed by atoms with Crippen molar-refractivity contribution in [3.8, 4) is 5.75 Å². The van der Waals surface area contributed by atoms with E-state index in [4.69, 9.17) is 4.74 Å². The smallest absolute Gasteiger partial charge is 0.119 e. The van der Waals surface area contributed by atoms with Gasteiger partial charge in [0, 0.05) is 19.6 Å². The maximum absolute atomic E-state index is 10.4.